The van der Waals surface area contributed by atoms with Gasteiger partial charge in [0.25, 0.3) is 0 Å². The Bertz CT molecular complexity index is 798. The van der Waals surface area contributed by atoms with E-state index in [9.17, 15) is 9.90 Å². The molecule has 5 heteroatoms. The first-order chi connectivity index (χ1) is 9.63. The summed E-state index contributed by atoms with van der Waals surface area (Å²) in [7, 11) is 0. The first-order valence-corrected chi connectivity index (χ1v) is 5.92. The molecule has 3 rings (SSSR count). The second kappa shape index (κ2) is 4.62. The van der Waals surface area contributed by atoms with Crippen molar-refractivity contribution < 1.29 is 15.0 Å². The van der Waals surface area contributed by atoms with Crippen molar-refractivity contribution in [3.05, 3.63) is 54.6 Å². The summed E-state index contributed by atoms with van der Waals surface area (Å²) in [6, 6.07) is 10.8. The molecule has 2 aromatic carbocycles. The van der Waals surface area contributed by atoms with Crippen LogP contribution in [0.25, 0.3) is 21.9 Å². The summed E-state index contributed by atoms with van der Waals surface area (Å²) in [6.45, 7) is 0. The number of aromatic hydroxyl groups is 1. The molecule has 0 aliphatic rings. The molecule has 0 aliphatic heterocycles. The molecule has 0 spiro atoms. The Balaban J connectivity index is 2.05. The number of aromatic nitrogens is 2. The first kappa shape index (κ1) is 12.1. The molecule has 2 N–H and O–H groups in total. The Morgan fingerprint density at radius 2 is 1.55 bits per heavy atom. The standard InChI is InChI=1S/C15H10N2O3/c18-13-4-3-9-5-10(1-2-11(9)6-13)12-7-16-14(15(19)20)17-8-12/h1-8,18H,(H,19,20). The van der Waals surface area contributed by atoms with Gasteiger partial charge in [0.05, 0.1) is 0 Å². The number of carbonyl (C=O) groups is 1. The molecule has 1 aromatic heterocycles. The third-order valence-corrected chi connectivity index (χ3v) is 3.00. The zero-order valence-electron chi connectivity index (χ0n) is 10.3. The van der Waals surface area contributed by atoms with Crippen molar-refractivity contribution in [3.8, 4) is 16.9 Å². The van der Waals surface area contributed by atoms with Crippen molar-refractivity contribution in [1.82, 2.24) is 9.97 Å². The van der Waals surface area contributed by atoms with E-state index in [2.05, 4.69) is 9.97 Å². The average molecular weight is 266 g/mol. The van der Waals surface area contributed by atoms with Gasteiger partial charge in [-0.2, -0.15) is 0 Å². The third-order valence-electron chi connectivity index (χ3n) is 3.00. The summed E-state index contributed by atoms with van der Waals surface area (Å²) >= 11 is 0. The van der Waals surface area contributed by atoms with Crippen LogP contribution in [0.15, 0.2) is 48.8 Å². The highest BCUT2D eigenvalue weighted by Gasteiger charge is 2.07. The molecule has 0 atom stereocenters. The average Bonchev–Trinajstić information content (AvgIpc) is 2.47. The molecule has 20 heavy (non-hydrogen) atoms. The normalized spacial score (nSPS) is 10.6. The highest BCUT2D eigenvalue weighted by molar-refractivity contribution is 5.88. The molecular weight excluding hydrogens is 256 g/mol. The van der Waals surface area contributed by atoms with Gasteiger partial charge in [-0.25, -0.2) is 14.8 Å². The molecule has 0 saturated carbocycles. The number of fused-ring (bicyclic) bond motifs is 1. The Hall–Kier alpha value is -2.95. The number of nitrogens with zero attached hydrogens (tertiary/aromatic N) is 2. The van der Waals surface area contributed by atoms with E-state index in [0.717, 1.165) is 21.9 Å². The van der Waals surface area contributed by atoms with Gasteiger partial charge in [-0.1, -0.05) is 18.2 Å². The molecule has 3 aromatic rings. The summed E-state index contributed by atoms with van der Waals surface area (Å²) in [4.78, 5) is 18.3. The van der Waals surface area contributed by atoms with Gasteiger partial charge in [0.1, 0.15) is 5.75 Å². The number of hydrogen-bond donors (Lipinski definition) is 2. The lowest BCUT2D eigenvalue weighted by molar-refractivity contribution is 0.0683. The number of carboxylic acids is 1. The van der Waals surface area contributed by atoms with Gasteiger partial charge >= 0.3 is 5.97 Å². The van der Waals surface area contributed by atoms with Gasteiger partial charge in [-0.3, -0.25) is 0 Å². The van der Waals surface area contributed by atoms with E-state index in [0.29, 0.717) is 0 Å². The summed E-state index contributed by atoms with van der Waals surface area (Å²) in [6.07, 6.45) is 2.97. The topological polar surface area (TPSA) is 83.3 Å². The van der Waals surface area contributed by atoms with Crippen molar-refractivity contribution >= 4 is 16.7 Å². The summed E-state index contributed by atoms with van der Waals surface area (Å²) in [5.41, 5.74) is 1.63. The number of rotatable bonds is 2. The minimum atomic E-state index is -1.15. The van der Waals surface area contributed by atoms with Crippen LogP contribution in [0.5, 0.6) is 5.75 Å². The molecular formula is C15H10N2O3. The lowest BCUT2D eigenvalue weighted by Gasteiger charge is -2.04. The second-order valence-electron chi connectivity index (χ2n) is 4.35. The maximum atomic E-state index is 10.7. The van der Waals surface area contributed by atoms with Crippen LogP contribution >= 0.6 is 0 Å². The second-order valence-corrected chi connectivity index (χ2v) is 4.35. The predicted octanol–water partition coefficient (Wildman–Crippen LogP) is 2.70. The van der Waals surface area contributed by atoms with Crippen molar-refractivity contribution in [3.63, 3.8) is 0 Å². The van der Waals surface area contributed by atoms with Gasteiger partial charge in [-0.15, -0.1) is 0 Å². The van der Waals surface area contributed by atoms with Gasteiger partial charge in [-0.05, 0) is 34.5 Å². The molecule has 1 heterocycles. The fraction of sp³-hybridized carbons (Fsp3) is 0. The Morgan fingerprint density at radius 1 is 0.900 bits per heavy atom. The number of phenolic OH excluding ortho intramolecular Hbond substituents is 1. The monoisotopic (exact) mass is 266 g/mol. The fourth-order valence-corrected chi connectivity index (χ4v) is 2.00. The van der Waals surface area contributed by atoms with Crippen molar-refractivity contribution in [2.75, 3.05) is 0 Å². The lowest BCUT2D eigenvalue weighted by atomic mass is 10.0. The zero-order chi connectivity index (χ0) is 14.1. The van der Waals surface area contributed by atoms with Crippen LogP contribution in [0.3, 0.4) is 0 Å². The van der Waals surface area contributed by atoms with E-state index in [1.54, 1.807) is 12.1 Å². The molecule has 0 bridgehead atoms. The van der Waals surface area contributed by atoms with Crippen LogP contribution in [0, 0.1) is 0 Å². The fourth-order valence-electron chi connectivity index (χ4n) is 2.00. The molecule has 0 radical (unpaired) electrons. The number of carboxylic acid groups (broad SMARTS) is 1. The van der Waals surface area contributed by atoms with Crippen LogP contribution in [0.1, 0.15) is 10.6 Å². The van der Waals surface area contributed by atoms with Crippen LogP contribution in [-0.4, -0.2) is 26.2 Å². The van der Waals surface area contributed by atoms with Gasteiger partial charge in [0.15, 0.2) is 0 Å². The van der Waals surface area contributed by atoms with E-state index in [1.165, 1.54) is 12.4 Å². The highest BCUT2D eigenvalue weighted by Crippen LogP contribution is 2.25. The molecule has 0 fully saturated rings. The molecule has 5 nitrogen and oxygen atoms in total. The minimum Gasteiger partial charge on any atom is -0.508 e. The SMILES string of the molecule is O=C(O)c1ncc(-c2ccc3cc(O)ccc3c2)cn1. The maximum absolute atomic E-state index is 10.7. The highest BCUT2D eigenvalue weighted by atomic mass is 16.4. The van der Waals surface area contributed by atoms with Crippen molar-refractivity contribution in [1.29, 1.82) is 0 Å². The maximum Gasteiger partial charge on any atom is 0.373 e. The smallest absolute Gasteiger partial charge is 0.373 e. The quantitative estimate of drug-likeness (QED) is 0.745. The predicted molar refractivity (Wildman–Crippen MR) is 73.6 cm³/mol. The first-order valence-electron chi connectivity index (χ1n) is 5.92. The zero-order valence-corrected chi connectivity index (χ0v) is 10.3. The summed E-state index contributed by atoms with van der Waals surface area (Å²) < 4.78 is 0. The molecule has 98 valence electrons. The Labute approximate surface area is 114 Å². The Kier molecular flexibility index (Phi) is 2.80. The number of benzene rings is 2. The van der Waals surface area contributed by atoms with E-state index >= 15 is 0 Å². The van der Waals surface area contributed by atoms with Crippen LogP contribution < -0.4 is 0 Å². The number of hydrogen-bond acceptors (Lipinski definition) is 4. The largest absolute Gasteiger partial charge is 0.508 e. The van der Waals surface area contributed by atoms with Crippen molar-refractivity contribution in [2.45, 2.75) is 0 Å². The number of aromatic carboxylic acids is 1. The van der Waals surface area contributed by atoms with Crippen LogP contribution in [0.4, 0.5) is 0 Å². The molecule has 0 unspecified atom stereocenters. The van der Waals surface area contributed by atoms with Gasteiger partial charge in [0.2, 0.25) is 5.82 Å². The van der Waals surface area contributed by atoms with E-state index in [-0.39, 0.29) is 11.6 Å². The molecule has 0 amide bonds. The van der Waals surface area contributed by atoms with E-state index < -0.39 is 5.97 Å². The van der Waals surface area contributed by atoms with E-state index in [4.69, 9.17) is 5.11 Å². The Morgan fingerprint density at radius 3 is 2.25 bits per heavy atom. The number of phenols is 1. The molecule has 0 aliphatic carbocycles. The molecule has 0 saturated heterocycles. The summed E-state index contributed by atoms with van der Waals surface area (Å²) in [5.74, 6) is -1.15. The van der Waals surface area contributed by atoms with Gasteiger partial charge < -0.3 is 10.2 Å². The lowest BCUT2D eigenvalue weighted by Crippen LogP contribution is -2.03. The minimum absolute atomic E-state index is 0.222. The van der Waals surface area contributed by atoms with Crippen molar-refractivity contribution in [2.24, 2.45) is 0 Å². The van der Waals surface area contributed by atoms with Gasteiger partial charge in [0, 0.05) is 18.0 Å². The third kappa shape index (κ3) is 2.16. The van der Waals surface area contributed by atoms with E-state index in [1.807, 2.05) is 24.3 Å². The summed E-state index contributed by atoms with van der Waals surface area (Å²) in [5, 5.41) is 20.1. The van der Waals surface area contributed by atoms with Crippen LogP contribution in [-0.2, 0) is 0 Å². The van der Waals surface area contributed by atoms with Crippen LogP contribution in [0.2, 0.25) is 0 Å².